The number of aryl methyl sites for hydroxylation is 2. The zero-order valence-corrected chi connectivity index (χ0v) is 17.2. The number of hydrogen-bond acceptors (Lipinski definition) is 5. The second-order valence-electron chi connectivity index (χ2n) is 7.01. The van der Waals surface area contributed by atoms with Crippen LogP contribution >= 0.6 is 23.5 Å². The van der Waals surface area contributed by atoms with E-state index in [1.807, 2.05) is 47.8 Å². The number of nitrogens with one attached hydrogen (secondary N) is 1. The molecule has 4 rings (SSSR count). The van der Waals surface area contributed by atoms with Crippen LogP contribution < -0.4 is 5.32 Å². The van der Waals surface area contributed by atoms with Gasteiger partial charge >= 0.3 is 5.97 Å². The van der Waals surface area contributed by atoms with E-state index in [0.29, 0.717) is 10.1 Å². The third kappa shape index (κ3) is 4.73. The van der Waals surface area contributed by atoms with Crippen molar-refractivity contribution in [3.63, 3.8) is 0 Å². The molecule has 0 atom stereocenters. The number of amides is 1. The van der Waals surface area contributed by atoms with Gasteiger partial charge in [-0.2, -0.15) is 0 Å². The number of rotatable bonds is 5. The molecule has 0 aromatic heterocycles. The van der Waals surface area contributed by atoms with Crippen molar-refractivity contribution in [1.82, 2.24) is 0 Å². The highest BCUT2D eigenvalue weighted by Crippen LogP contribution is 2.43. The second kappa shape index (κ2) is 9.05. The third-order valence-corrected chi connectivity index (χ3v) is 7.98. The van der Waals surface area contributed by atoms with E-state index in [1.165, 1.54) is 41.0 Å². The van der Waals surface area contributed by atoms with Gasteiger partial charge in [-0.1, -0.05) is 18.2 Å². The maximum atomic E-state index is 12.2. The van der Waals surface area contributed by atoms with Crippen LogP contribution in [0.3, 0.4) is 0 Å². The Balaban J connectivity index is 1.28. The Hall–Kier alpha value is -1.92. The molecule has 1 saturated heterocycles. The minimum atomic E-state index is -0.473. The fraction of sp³-hybridized carbons (Fsp3) is 0.364. The van der Waals surface area contributed by atoms with Crippen molar-refractivity contribution >= 4 is 41.1 Å². The molecule has 0 unspecified atom stereocenters. The van der Waals surface area contributed by atoms with Gasteiger partial charge in [0.05, 0.1) is 10.1 Å². The summed E-state index contributed by atoms with van der Waals surface area (Å²) in [6, 6.07) is 13.5. The molecule has 4 nitrogen and oxygen atoms in total. The zero-order chi connectivity index (χ0) is 19.3. The summed E-state index contributed by atoms with van der Waals surface area (Å²) in [6.45, 7) is -0.286. The van der Waals surface area contributed by atoms with E-state index in [2.05, 4.69) is 11.4 Å². The third-order valence-electron chi connectivity index (χ3n) is 4.96. The van der Waals surface area contributed by atoms with E-state index < -0.39 is 5.97 Å². The summed E-state index contributed by atoms with van der Waals surface area (Å²) in [4.78, 5) is 24.3. The quantitative estimate of drug-likeness (QED) is 0.711. The molecule has 0 bridgehead atoms. The standard InChI is InChI=1S/C22H23NO3S2/c24-20(23-19-10-9-15-3-1-4-18(15)13-19)14-26-21(25)16-5-7-17(8-6-16)22-27-11-2-12-28-22/h5-10,13,22H,1-4,11-12,14H2,(H,23,24). The number of ether oxygens (including phenoxy) is 1. The van der Waals surface area contributed by atoms with Crippen LogP contribution in [0.1, 0.15) is 44.5 Å². The van der Waals surface area contributed by atoms with Crippen molar-refractivity contribution in [2.45, 2.75) is 30.3 Å². The summed E-state index contributed by atoms with van der Waals surface area (Å²) in [5.74, 6) is 1.57. The van der Waals surface area contributed by atoms with Crippen LogP contribution in [0.2, 0.25) is 0 Å². The van der Waals surface area contributed by atoms with Crippen LogP contribution in [0, 0.1) is 0 Å². The van der Waals surface area contributed by atoms with Crippen LogP contribution in [-0.2, 0) is 22.4 Å². The second-order valence-corrected chi connectivity index (χ2v) is 9.73. The highest BCUT2D eigenvalue weighted by atomic mass is 32.2. The molecule has 28 heavy (non-hydrogen) atoms. The first-order chi connectivity index (χ1) is 13.7. The summed E-state index contributed by atoms with van der Waals surface area (Å²) in [5, 5.41) is 2.81. The molecular formula is C22H23NO3S2. The molecule has 146 valence electrons. The first-order valence-corrected chi connectivity index (χ1v) is 11.7. The Kier molecular flexibility index (Phi) is 6.27. The zero-order valence-electron chi connectivity index (χ0n) is 15.6. The molecule has 2 aromatic carbocycles. The molecule has 1 N–H and O–H groups in total. The van der Waals surface area contributed by atoms with E-state index in [1.54, 1.807) is 12.1 Å². The van der Waals surface area contributed by atoms with Crippen LogP contribution in [0.15, 0.2) is 42.5 Å². The van der Waals surface area contributed by atoms with Crippen molar-refractivity contribution in [3.05, 3.63) is 64.7 Å². The number of anilines is 1. The highest BCUT2D eigenvalue weighted by molar-refractivity contribution is 8.16. The first-order valence-electron chi connectivity index (χ1n) is 9.61. The van der Waals surface area contributed by atoms with Crippen LogP contribution in [0.5, 0.6) is 0 Å². The van der Waals surface area contributed by atoms with Gasteiger partial charge in [0.2, 0.25) is 0 Å². The monoisotopic (exact) mass is 413 g/mol. The molecule has 2 aliphatic rings. The number of thioether (sulfide) groups is 2. The summed E-state index contributed by atoms with van der Waals surface area (Å²) in [5.41, 5.74) is 5.11. The number of benzene rings is 2. The van der Waals surface area contributed by atoms with E-state index in [4.69, 9.17) is 4.74 Å². The van der Waals surface area contributed by atoms with E-state index in [0.717, 1.165) is 18.5 Å². The Morgan fingerprint density at radius 3 is 2.50 bits per heavy atom. The Morgan fingerprint density at radius 1 is 0.964 bits per heavy atom. The molecule has 1 amide bonds. The first kappa shape index (κ1) is 19.4. The average molecular weight is 414 g/mol. The number of carbonyl (C=O) groups is 2. The number of esters is 1. The fourth-order valence-corrected chi connectivity index (χ4v) is 6.41. The molecule has 1 aliphatic heterocycles. The van der Waals surface area contributed by atoms with Crippen LogP contribution in [-0.4, -0.2) is 30.0 Å². The lowest BCUT2D eigenvalue weighted by Gasteiger charge is -2.21. The predicted octanol–water partition coefficient (Wildman–Crippen LogP) is 4.84. The molecule has 0 radical (unpaired) electrons. The number of carbonyl (C=O) groups excluding carboxylic acids is 2. The van der Waals surface area contributed by atoms with Gasteiger partial charge in [0.15, 0.2) is 6.61 Å². The molecule has 0 spiro atoms. The van der Waals surface area contributed by atoms with Crippen molar-refractivity contribution in [2.75, 3.05) is 23.4 Å². The van der Waals surface area contributed by atoms with Gasteiger partial charge in [0, 0.05) is 5.69 Å². The molecular weight excluding hydrogens is 390 g/mol. The molecule has 1 fully saturated rings. The van der Waals surface area contributed by atoms with Crippen LogP contribution in [0.25, 0.3) is 0 Å². The minimum absolute atomic E-state index is 0.286. The van der Waals surface area contributed by atoms with Crippen molar-refractivity contribution < 1.29 is 14.3 Å². The van der Waals surface area contributed by atoms with Gasteiger partial charge in [-0.05, 0) is 78.1 Å². The van der Waals surface area contributed by atoms with Crippen LogP contribution in [0.4, 0.5) is 5.69 Å². The van der Waals surface area contributed by atoms with Crippen molar-refractivity contribution in [3.8, 4) is 0 Å². The summed E-state index contributed by atoms with van der Waals surface area (Å²) < 4.78 is 5.62. The van der Waals surface area contributed by atoms with Gasteiger partial charge in [0.25, 0.3) is 5.91 Å². The lowest BCUT2D eigenvalue weighted by atomic mass is 10.1. The Labute approximate surface area is 173 Å². The van der Waals surface area contributed by atoms with Crippen molar-refractivity contribution in [2.24, 2.45) is 0 Å². The van der Waals surface area contributed by atoms with Crippen molar-refractivity contribution in [1.29, 1.82) is 0 Å². The minimum Gasteiger partial charge on any atom is -0.452 e. The summed E-state index contributed by atoms with van der Waals surface area (Å²) in [6.07, 6.45) is 4.59. The summed E-state index contributed by atoms with van der Waals surface area (Å²) in [7, 11) is 0. The molecule has 0 saturated carbocycles. The fourth-order valence-electron chi connectivity index (χ4n) is 3.52. The maximum absolute atomic E-state index is 12.2. The summed E-state index contributed by atoms with van der Waals surface area (Å²) >= 11 is 3.89. The van der Waals surface area contributed by atoms with E-state index in [9.17, 15) is 9.59 Å². The average Bonchev–Trinajstić information content (AvgIpc) is 3.21. The van der Waals surface area contributed by atoms with E-state index >= 15 is 0 Å². The normalized spacial score (nSPS) is 16.4. The maximum Gasteiger partial charge on any atom is 0.338 e. The Bertz CT molecular complexity index is 861. The van der Waals surface area contributed by atoms with Gasteiger partial charge in [-0.3, -0.25) is 4.79 Å². The largest absolute Gasteiger partial charge is 0.452 e. The molecule has 2 aromatic rings. The van der Waals surface area contributed by atoms with Gasteiger partial charge in [0.1, 0.15) is 0 Å². The molecule has 1 aliphatic carbocycles. The van der Waals surface area contributed by atoms with Gasteiger partial charge in [-0.15, -0.1) is 23.5 Å². The topological polar surface area (TPSA) is 55.4 Å². The van der Waals surface area contributed by atoms with Gasteiger partial charge in [-0.25, -0.2) is 4.79 Å². The Morgan fingerprint density at radius 2 is 1.71 bits per heavy atom. The van der Waals surface area contributed by atoms with Gasteiger partial charge < -0.3 is 10.1 Å². The smallest absolute Gasteiger partial charge is 0.338 e. The predicted molar refractivity (Wildman–Crippen MR) is 116 cm³/mol. The SMILES string of the molecule is O=C(COC(=O)c1ccc(C2SCCCS2)cc1)Nc1ccc2c(c1)CCC2. The lowest BCUT2D eigenvalue weighted by Crippen LogP contribution is -2.21. The van der Waals surface area contributed by atoms with E-state index in [-0.39, 0.29) is 12.5 Å². The molecule has 6 heteroatoms. The number of hydrogen-bond donors (Lipinski definition) is 1. The molecule has 1 heterocycles. The highest BCUT2D eigenvalue weighted by Gasteiger charge is 2.18. The lowest BCUT2D eigenvalue weighted by molar-refractivity contribution is -0.119. The number of fused-ring (bicyclic) bond motifs is 1.